The largest absolute Gasteiger partial charge is 0.374 e. The van der Waals surface area contributed by atoms with Crippen molar-refractivity contribution in [3.05, 3.63) is 23.9 Å². The van der Waals surface area contributed by atoms with E-state index in [1.54, 1.807) is 0 Å². The molecular formula is C23H36IN5O. The number of hydrogen-bond donors (Lipinski definition) is 1. The smallest absolute Gasteiger partial charge is 0.194 e. The van der Waals surface area contributed by atoms with Gasteiger partial charge in [-0.1, -0.05) is 13.0 Å². The van der Waals surface area contributed by atoms with Crippen molar-refractivity contribution < 1.29 is 4.74 Å². The van der Waals surface area contributed by atoms with Crippen LogP contribution in [-0.4, -0.2) is 60.8 Å². The lowest BCUT2D eigenvalue weighted by Crippen LogP contribution is -2.41. The molecule has 5 rings (SSSR count). The minimum absolute atomic E-state index is 0. The van der Waals surface area contributed by atoms with E-state index in [9.17, 15) is 0 Å². The van der Waals surface area contributed by atoms with Crippen molar-refractivity contribution in [2.24, 2.45) is 22.7 Å². The maximum absolute atomic E-state index is 6.12. The molecular weight excluding hydrogens is 489 g/mol. The molecule has 0 aromatic carbocycles. The Balaban J connectivity index is 0.00000218. The van der Waals surface area contributed by atoms with Gasteiger partial charge in [-0.15, -0.1) is 24.0 Å². The van der Waals surface area contributed by atoms with Crippen LogP contribution in [0.2, 0.25) is 0 Å². The second kappa shape index (κ2) is 9.59. The maximum Gasteiger partial charge on any atom is 0.194 e. The normalized spacial score (nSPS) is 31.1. The number of rotatable bonds is 4. The molecule has 1 aromatic rings. The number of nitrogens with one attached hydrogen (secondary N) is 1. The van der Waals surface area contributed by atoms with Crippen LogP contribution in [0.3, 0.4) is 0 Å². The van der Waals surface area contributed by atoms with Crippen molar-refractivity contribution in [1.29, 1.82) is 0 Å². The summed E-state index contributed by atoms with van der Waals surface area (Å²) in [6.45, 7) is 10.5. The van der Waals surface area contributed by atoms with Gasteiger partial charge in [0.1, 0.15) is 5.82 Å². The highest BCUT2D eigenvalue weighted by atomic mass is 127. The third-order valence-corrected chi connectivity index (χ3v) is 7.42. The minimum atomic E-state index is 0. The minimum Gasteiger partial charge on any atom is -0.374 e. The van der Waals surface area contributed by atoms with Crippen molar-refractivity contribution in [1.82, 2.24) is 15.2 Å². The average molecular weight is 525 g/mol. The number of halogens is 1. The third-order valence-electron chi connectivity index (χ3n) is 7.42. The lowest BCUT2D eigenvalue weighted by atomic mass is 9.82. The first kappa shape index (κ1) is 22.1. The van der Waals surface area contributed by atoms with Gasteiger partial charge in [0.2, 0.25) is 0 Å². The Labute approximate surface area is 197 Å². The van der Waals surface area contributed by atoms with E-state index in [4.69, 9.17) is 14.7 Å². The number of aromatic nitrogens is 1. The van der Waals surface area contributed by atoms with Gasteiger partial charge < -0.3 is 19.9 Å². The number of fused-ring (bicyclic) bond motifs is 5. The zero-order chi connectivity index (χ0) is 19.8. The number of pyridine rings is 1. The van der Waals surface area contributed by atoms with Crippen molar-refractivity contribution in [3.8, 4) is 0 Å². The van der Waals surface area contributed by atoms with Gasteiger partial charge in [-0.2, -0.15) is 0 Å². The molecule has 0 radical (unpaired) electrons. The number of piperidine rings is 1. The molecule has 4 fully saturated rings. The number of guanidine groups is 1. The van der Waals surface area contributed by atoms with Crippen LogP contribution in [0.1, 0.15) is 45.1 Å². The van der Waals surface area contributed by atoms with Crippen LogP contribution in [0.25, 0.3) is 0 Å². The summed E-state index contributed by atoms with van der Waals surface area (Å²) in [5.41, 5.74) is 1.18. The molecule has 6 nitrogen and oxygen atoms in total. The summed E-state index contributed by atoms with van der Waals surface area (Å²) in [6, 6.07) is 4.36. The van der Waals surface area contributed by atoms with Crippen LogP contribution in [0.4, 0.5) is 5.82 Å². The SMILES string of the molecule is CCNC(=NCc1ccc(N2CCC(C)CC2)nc1)N1CC2C3CCC(O3)C2C1.I. The van der Waals surface area contributed by atoms with Gasteiger partial charge in [-0.3, -0.25) is 0 Å². The fourth-order valence-corrected chi connectivity index (χ4v) is 5.66. The summed E-state index contributed by atoms with van der Waals surface area (Å²) in [7, 11) is 0. The number of nitrogens with zero attached hydrogens (tertiary/aromatic N) is 4. The van der Waals surface area contributed by atoms with Crippen LogP contribution < -0.4 is 10.2 Å². The van der Waals surface area contributed by atoms with E-state index in [2.05, 4.69) is 41.1 Å². The lowest BCUT2D eigenvalue weighted by molar-refractivity contribution is 0.0767. The molecule has 5 heterocycles. The van der Waals surface area contributed by atoms with Crippen molar-refractivity contribution in [2.75, 3.05) is 37.6 Å². The number of hydrogen-bond acceptors (Lipinski definition) is 4. The second-order valence-corrected chi connectivity index (χ2v) is 9.39. The van der Waals surface area contributed by atoms with E-state index in [0.29, 0.717) is 30.6 Å². The van der Waals surface area contributed by atoms with E-state index in [-0.39, 0.29) is 24.0 Å². The van der Waals surface area contributed by atoms with E-state index in [1.807, 2.05) is 6.20 Å². The molecule has 2 bridgehead atoms. The fourth-order valence-electron chi connectivity index (χ4n) is 5.66. The standard InChI is InChI=1S/C23H35N5O.HI/c1-3-24-23(28-14-18-19(15-28)21-6-5-20(18)29-21)26-13-17-4-7-22(25-12-17)27-10-8-16(2)9-11-27;/h4,7,12,16,18-21H,3,5-6,8-11,13-15H2,1-2H3,(H,24,26);1H. The van der Waals surface area contributed by atoms with Crippen LogP contribution in [0.15, 0.2) is 23.3 Å². The zero-order valence-corrected chi connectivity index (χ0v) is 20.6. The molecule has 4 aliphatic heterocycles. The van der Waals surface area contributed by atoms with Gasteiger partial charge >= 0.3 is 0 Å². The maximum atomic E-state index is 6.12. The molecule has 1 aromatic heterocycles. The Morgan fingerprint density at radius 2 is 1.83 bits per heavy atom. The first-order valence-electron chi connectivity index (χ1n) is 11.6. The molecule has 0 spiro atoms. The van der Waals surface area contributed by atoms with E-state index >= 15 is 0 Å². The molecule has 0 aliphatic carbocycles. The highest BCUT2D eigenvalue weighted by molar-refractivity contribution is 14.0. The van der Waals surface area contributed by atoms with Crippen LogP contribution in [-0.2, 0) is 11.3 Å². The average Bonchev–Trinajstić information content (AvgIpc) is 3.46. The van der Waals surface area contributed by atoms with E-state index in [0.717, 1.165) is 50.4 Å². The van der Waals surface area contributed by atoms with Gasteiger partial charge in [0, 0.05) is 50.8 Å². The number of ether oxygens (including phenoxy) is 1. The molecule has 4 unspecified atom stereocenters. The highest BCUT2D eigenvalue weighted by Gasteiger charge is 2.53. The zero-order valence-electron chi connectivity index (χ0n) is 18.3. The van der Waals surface area contributed by atoms with Crippen molar-refractivity contribution in [2.45, 2.75) is 58.3 Å². The molecule has 166 valence electrons. The second-order valence-electron chi connectivity index (χ2n) is 9.39. The van der Waals surface area contributed by atoms with Crippen LogP contribution in [0, 0.1) is 17.8 Å². The van der Waals surface area contributed by atoms with Gasteiger partial charge in [0.15, 0.2) is 5.96 Å². The van der Waals surface area contributed by atoms with E-state index in [1.165, 1.54) is 31.2 Å². The Morgan fingerprint density at radius 3 is 2.43 bits per heavy atom. The van der Waals surface area contributed by atoms with Gasteiger partial charge in [-0.05, 0) is 50.2 Å². The first-order valence-corrected chi connectivity index (χ1v) is 11.6. The van der Waals surface area contributed by atoms with Crippen molar-refractivity contribution >= 4 is 35.8 Å². The summed E-state index contributed by atoms with van der Waals surface area (Å²) in [5, 5.41) is 3.51. The van der Waals surface area contributed by atoms with Crippen LogP contribution >= 0.6 is 24.0 Å². The predicted octanol–water partition coefficient (Wildman–Crippen LogP) is 3.51. The summed E-state index contributed by atoms with van der Waals surface area (Å²) in [5.74, 6) is 4.41. The third kappa shape index (κ3) is 4.42. The summed E-state index contributed by atoms with van der Waals surface area (Å²) < 4.78 is 6.12. The molecule has 0 saturated carbocycles. The van der Waals surface area contributed by atoms with E-state index < -0.39 is 0 Å². The molecule has 4 saturated heterocycles. The molecule has 0 amide bonds. The van der Waals surface area contributed by atoms with Crippen LogP contribution in [0.5, 0.6) is 0 Å². The quantitative estimate of drug-likeness (QED) is 0.371. The monoisotopic (exact) mass is 525 g/mol. The summed E-state index contributed by atoms with van der Waals surface area (Å²) in [6.07, 6.45) is 8.03. The van der Waals surface area contributed by atoms with Gasteiger partial charge in [0.05, 0.1) is 18.8 Å². The number of likely N-dealkylation sites (tertiary alicyclic amines) is 1. The number of anilines is 1. The molecule has 4 atom stereocenters. The fraction of sp³-hybridized carbons (Fsp3) is 0.739. The Hall–Kier alpha value is -1.09. The molecule has 4 aliphatic rings. The molecule has 1 N–H and O–H groups in total. The number of aliphatic imine (C=N–C) groups is 1. The summed E-state index contributed by atoms with van der Waals surface area (Å²) in [4.78, 5) is 14.6. The highest BCUT2D eigenvalue weighted by Crippen LogP contribution is 2.47. The molecule has 30 heavy (non-hydrogen) atoms. The topological polar surface area (TPSA) is 53.0 Å². The predicted molar refractivity (Wildman–Crippen MR) is 132 cm³/mol. The molecule has 7 heteroatoms. The Morgan fingerprint density at radius 1 is 1.13 bits per heavy atom. The van der Waals surface area contributed by atoms with Gasteiger partial charge in [-0.25, -0.2) is 9.98 Å². The Kier molecular flexibility index (Phi) is 7.07. The Bertz CT molecular complexity index is 716. The van der Waals surface area contributed by atoms with Crippen molar-refractivity contribution in [3.63, 3.8) is 0 Å². The summed E-state index contributed by atoms with van der Waals surface area (Å²) >= 11 is 0. The van der Waals surface area contributed by atoms with Gasteiger partial charge in [0.25, 0.3) is 0 Å². The lowest BCUT2D eigenvalue weighted by Gasteiger charge is -2.31. The first-order chi connectivity index (χ1) is 14.2.